The van der Waals surface area contributed by atoms with Crippen LogP contribution in [-0.2, 0) is 6.54 Å². The van der Waals surface area contributed by atoms with E-state index >= 15 is 4.39 Å². The van der Waals surface area contributed by atoms with Crippen LogP contribution >= 0.6 is 11.3 Å². The standard InChI is InChI=1S/C29H23F3N8S/c1-15(2)20-3-4-21(41-20)25-24-19(5-7-34-25)36-28(37-24)26-22-23(30)18(12-35-27(22)39-38-26)17-9-16(10-33-11-17)13-40-8-6-29(31,32)14-40/h3-5,7,9-12H,1,6,8,13-14H2,2H3,(H,36,37)(H,35,38,39). The van der Waals surface area contributed by atoms with Gasteiger partial charge in [0.2, 0.25) is 0 Å². The van der Waals surface area contributed by atoms with Crippen molar-refractivity contribution >= 4 is 39.0 Å². The SMILES string of the molecule is C=C(C)c1ccc(-c2nccc3[nH]c(-c4[nH]nc5ncc(-c6cncc(CN7CCC(F)(F)C7)c6)c(F)c45)nc23)s1. The number of rotatable bonds is 6. The number of allylic oxidation sites excluding steroid dienone is 1. The number of H-pyrrole nitrogens is 2. The van der Waals surface area contributed by atoms with Gasteiger partial charge in [-0.1, -0.05) is 6.58 Å². The molecule has 8 nitrogen and oxygen atoms in total. The molecule has 0 bridgehead atoms. The Bertz CT molecular complexity index is 1960. The second-order valence-electron chi connectivity index (χ2n) is 10.3. The van der Waals surface area contributed by atoms with Crippen molar-refractivity contribution in [2.75, 3.05) is 13.1 Å². The summed E-state index contributed by atoms with van der Waals surface area (Å²) in [6.45, 7) is 6.27. The third-order valence-corrected chi connectivity index (χ3v) is 8.43. The lowest BCUT2D eigenvalue weighted by Gasteiger charge is -2.15. The number of aromatic nitrogens is 7. The van der Waals surface area contributed by atoms with Crippen LogP contribution in [0.4, 0.5) is 13.2 Å². The van der Waals surface area contributed by atoms with Crippen LogP contribution in [0.1, 0.15) is 23.8 Å². The monoisotopic (exact) mass is 572 g/mol. The van der Waals surface area contributed by atoms with Gasteiger partial charge < -0.3 is 4.98 Å². The van der Waals surface area contributed by atoms with E-state index in [2.05, 4.69) is 36.7 Å². The lowest BCUT2D eigenvalue weighted by molar-refractivity contribution is 0.0115. The maximum absolute atomic E-state index is 16.2. The van der Waals surface area contributed by atoms with E-state index in [1.807, 2.05) is 25.1 Å². The number of aromatic amines is 2. The fraction of sp³-hybridized carbons (Fsp3) is 0.207. The summed E-state index contributed by atoms with van der Waals surface area (Å²) >= 11 is 1.58. The minimum absolute atomic E-state index is 0.166. The fourth-order valence-corrected chi connectivity index (χ4v) is 6.10. The van der Waals surface area contributed by atoms with Crippen LogP contribution in [0.25, 0.3) is 60.9 Å². The van der Waals surface area contributed by atoms with Gasteiger partial charge in [0.05, 0.1) is 22.3 Å². The zero-order valence-corrected chi connectivity index (χ0v) is 22.7. The fourth-order valence-electron chi connectivity index (χ4n) is 5.17. The highest BCUT2D eigenvalue weighted by atomic mass is 32.1. The molecule has 1 saturated heterocycles. The minimum atomic E-state index is -2.69. The van der Waals surface area contributed by atoms with Crippen molar-refractivity contribution in [3.63, 3.8) is 0 Å². The normalized spacial score (nSPS) is 15.3. The predicted molar refractivity (Wildman–Crippen MR) is 153 cm³/mol. The van der Waals surface area contributed by atoms with E-state index in [-0.39, 0.29) is 29.6 Å². The molecular formula is C29H23F3N8S. The van der Waals surface area contributed by atoms with Gasteiger partial charge in [-0.05, 0) is 42.3 Å². The summed E-state index contributed by atoms with van der Waals surface area (Å²) < 4.78 is 43.5. The van der Waals surface area contributed by atoms with Crippen LogP contribution < -0.4 is 0 Å². The lowest BCUT2D eigenvalue weighted by atomic mass is 10.0. The van der Waals surface area contributed by atoms with Crippen LogP contribution in [0.2, 0.25) is 0 Å². The van der Waals surface area contributed by atoms with Crippen molar-refractivity contribution in [1.29, 1.82) is 0 Å². The largest absolute Gasteiger partial charge is 0.337 e. The molecule has 1 fully saturated rings. The first-order valence-corrected chi connectivity index (χ1v) is 13.8. The van der Waals surface area contributed by atoms with Crippen LogP contribution in [0.15, 0.2) is 55.6 Å². The molecule has 2 N–H and O–H groups in total. The number of fused-ring (bicyclic) bond motifs is 2. The molecular weight excluding hydrogens is 549 g/mol. The van der Waals surface area contributed by atoms with E-state index in [1.165, 1.54) is 12.4 Å². The van der Waals surface area contributed by atoms with Crippen molar-refractivity contribution < 1.29 is 13.2 Å². The maximum Gasteiger partial charge on any atom is 0.261 e. The van der Waals surface area contributed by atoms with Gasteiger partial charge >= 0.3 is 0 Å². The summed E-state index contributed by atoms with van der Waals surface area (Å²) in [6.07, 6.45) is 6.09. The number of thiophene rings is 1. The molecule has 6 aromatic heterocycles. The number of halogens is 3. The lowest BCUT2D eigenvalue weighted by Crippen LogP contribution is -2.24. The van der Waals surface area contributed by atoms with Crippen molar-refractivity contribution in [1.82, 2.24) is 40.0 Å². The summed E-state index contributed by atoms with van der Waals surface area (Å²) in [7, 11) is 0. The van der Waals surface area contributed by atoms with E-state index in [9.17, 15) is 8.78 Å². The van der Waals surface area contributed by atoms with Crippen LogP contribution in [0.3, 0.4) is 0 Å². The molecule has 0 aromatic carbocycles. The van der Waals surface area contributed by atoms with E-state index < -0.39 is 11.7 Å². The van der Waals surface area contributed by atoms with Gasteiger partial charge in [-0.3, -0.25) is 20.0 Å². The van der Waals surface area contributed by atoms with Crippen LogP contribution in [0, 0.1) is 5.82 Å². The molecule has 7 heterocycles. The van der Waals surface area contributed by atoms with Gasteiger partial charge in [0.1, 0.15) is 22.7 Å². The molecule has 12 heteroatoms. The number of nitrogens with zero attached hydrogens (tertiary/aromatic N) is 6. The zero-order valence-electron chi connectivity index (χ0n) is 21.9. The molecule has 1 aliphatic heterocycles. The first-order chi connectivity index (χ1) is 19.8. The van der Waals surface area contributed by atoms with Crippen molar-refractivity contribution in [2.24, 2.45) is 0 Å². The topological polar surface area (TPSA) is 99.3 Å². The van der Waals surface area contributed by atoms with E-state index in [0.29, 0.717) is 46.9 Å². The molecule has 6 aromatic rings. The number of likely N-dealkylation sites (tertiary alicyclic amines) is 1. The van der Waals surface area contributed by atoms with Crippen molar-refractivity contribution in [2.45, 2.75) is 25.8 Å². The summed E-state index contributed by atoms with van der Waals surface area (Å²) in [4.78, 5) is 24.9. The number of nitrogens with one attached hydrogen (secondary N) is 2. The molecule has 1 aliphatic rings. The van der Waals surface area contributed by atoms with Crippen molar-refractivity contribution in [3.8, 4) is 33.2 Å². The summed E-state index contributed by atoms with van der Waals surface area (Å²) in [5.41, 5.74) is 5.06. The molecule has 41 heavy (non-hydrogen) atoms. The molecule has 0 atom stereocenters. The molecule has 0 saturated carbocycles. The van der Waals surface area contributed by atoms with E-state index in [4.69, 9.17) is 4.98 Å². The maximum atomic E-state index is 16.2. The Morgan fingerprint density at radius 1 is 1.17 bits per heavy atom. The van der Waals surface area contributed by atoms with Gasteiger partial charge in [-0.2, -0.15) is 5.10 Å². The average molecular weight is 573 g/mol. The summed E-state index contributed by atoms with van der Waals surface area (Å²) in [6, 6.07) is 7.57. The van der Waals surface area contributed by atoms with Gasteiger partial charge in [0, 0.05) is 60.3 Å². The number of imidazole rings is 1. The van der Waals surface area contributed by atoms with Gasteiger partial charge in [-0.25, -0.2) is 23.1 Å². The molecule has 0 spiro atoms. The number of hydrogen-bond acceptors (Lipinski definition) is 7. The second-order valence-corrected chi connectivity index (χ2v) is 11.4. The molecule has 0 unspecified atom stereocenters. The highest BCUT2D eigenvalue weighted by Crippen LogP contribution is 2.37. The Hall–Kier alpha value is -4.42. The van der Waals surface area contributed by atoms with E-state index in [0.717, 1.165) is 20.8 Å². The molecule has 0 radical (unpaired) electrons. The Balaban J connectivity index is 1.27. The highest BCUT2D eigenvalue weighted by Gasteiger charge is 2.38. The molecule has 0 aliphatic carbocycles. The van der Waals surface area contributed by atoms with Crippen LogP contribution in [0.5, 0.6) is 0 Å². The second kappa shape index (κ2) is 9.60. The number of pyridine rings is 3. The number of alkyl halides is 2. The van der Waals surface area contributed by atoms with Crippen LogP contribution in [-0.4, -0.2) is 59.0 Å². The Labute approximate surface area is 236 Å². The first-order valence-electron chi connectivity index (χ1n) is 12.9. The Kier molecular flexibility index (Phi) is 5.98. The third-order valence-electron chi connectivity index (χ3n) is 7.18. The zero-order chi connectivity index (χ0) is 28.3. The molecule has 0 amide bonds. The van der Waals surface area contributed by atoms with Crippen molar-refractivity contribution in [3.05, 3.63) is 71.9 Å². The van der Waals surface area contributed by atoms with Gasteiger partial charge in [0.15, 0.2) is 11.5 Å². The third kappa shape index (κ3) is 4.58. The Morgan fingerprint density at radius 2 is 2.05 bits per heavy atom. The average Bonchev–Trinajstić information content (AvgIpc) is 3.74. The minimum Gasteiger partial charge on any atom is -0.337 e. The molecule has 7 rings (SSSR count). The predicted octanol–water partition coefficient (Wildman–Crippen LogP) is 6.70. The van der Waals surface area contributed by atoms with Gasteiger partial charge in [0.25, 0.3) is 5.92 Å². The Morgan fingerprint density at radius 3 is 2.83 bits per heavy atom. The first kappa shape index (κ1) is 25.5. The van der Waals surface area contributed by atoms with Gasteiger partial charge in [-0.15, -0.1) is 11.3 Å². The smallest absolute Gasteiger partial charge is 0.261 e. The quantitative estimate of drug-likeness (QED) is 0.230. The highest BCUT2D eigenvalue weighted by molar-refractivity contribution is 7.16. The molecule has 206 valence electrons. The number of hydrogen-bond donors (Lipinski definition) is 2. The summed E-state index contributed by atoms with van der Waals surface area (Å²) in [5, 5.41) is 7.28. The van der Waals surface area contributed by atoms with E-state index in [1.54, 1.807) is 34.7 Å². The summed E-state index contributed by atoms with van der Waals surface area (Å²) in [5.74, 6) is -2.82.